The van der Waals surface area contributed by atoms with E-state index in [1.165, 1.54) is 6.07 Å². The second kappa shape index (κ2) is 6.88. The molecule has 2 aromatic carbocycles. The summed E-state index contributed by atoms with van der Waals surface area (Å²) in [7, 11) is 0. The fourth-order valence-corrected chi connectivity index (χ4v) is 2.88. The molecule has 112 valence electrons. The first-order valence-corrected chi connectivity index (χ1v) is 8.14. The molecule has 0 amide bonds. The summed E-state index contributed by atoms with van der Waals surface area (Å²) in [5.74, 6) is -0.268. The zero-order chi connectivity index (χ0) is 15.6. The number of hydrogen-bond acceptors (Lipinski definition) is 1. The van der Waals surface area contributed by atoms with Crippen molar-refractivity contribution in [3.05, 3.63) is 63.6 Å². The number of rotatable bonds is 4. The standard InChI is InChI=1S/C16H14Br2F2O/c1-9(2)21-11-5-3-4-10(6-11)16(18)12-7-15(20)13(17)8-14(12)19/h3-9,16H,1-2H3. The first kappa shape index (κ1) is 16.4. The van der Waals surface area contributed by atoms with Crippen LogP contribution in [-0.2, 0) is 0 Å². The maximum atomic E-state index is 14.0. The van der Waals surface area contributed by atoms with Crippen molar-refractivity contribution in [2.45, 2.75) is 24.8 Å². The summed E-state index contributed by atoms with van der Waals surface area (Å²) in [5.41, 5.74) is 1.05. The molecule has 1 nitrogen and oxygen atoms in total. The average Bonchev–Trinajstić information content (AvgIpc) is 2.41. The van der Waals surface area contributed by atoms with Gasteiger partial charge in [-0.1, -0.05) is 28.1 Å². The minimum atomic E-state index is -0.495. The van der Waals surface area contributed by atoms with Crippen LogP contribution in [-0.4, -0.2) is 6.10 Å². The molecule has 0 aromatic heterocycles. The average molecular weight is 420 g/mol. The Hall–Kier alpha value is -0.940. The van der Waals surface area contributed by atoms with Gasteiger partial charge in [0.15, 0.2) is 0 Å². The van der Waals surface area contributed by atoms with Gasteiger partial charge in [0.25, 0.3) is 0 Å². The molecule has 1 atom stereocenters. The third-order valence-electron chi connectivity index (χ3n) is 2.84. The van der Waals surface area contributed by atoms with E-state index in [1.807, 2.05) is 38.1 Å². The third kappa shape index (κ3) is 4.04. The minimum Gasteiger partial charge on any atom is -0.491 e. The number of halogens is 4. The van der Waals surface area contributed by atoms with Crippen LogP contribution < -0.4 is 4.74 Å². The Labute approximate surface area is 139 Å². The van der Waals surface area contributed by atoms with Gasteiger partial charge in [-0.05, 0) is 59.6 Å². The first-order valence-electron chi connectivity index (χ1n) is 6.43. The number of hydrogen-bond donors (Lipinski definition) is 0. The molecular weight excluding hydrogens is 406 g/mol. The second-order valence-corrected chi connectivity index (χ2v) is 6.66. The van der Waals surface area contributed by atoms with Gasteiger partial charge in [-0.3, -0.25) is 0 Å². The molecule has 21 heavy (non-hydrogen) atoms. The van der Waals surface area contributed by atoms with E-state index in [1.54, 1.807) is 0 Å². The van der Waals surface area contributed by atoms with Crippen LogP contribution in [0.15, 0.2) is 40.9 Å². The van der Waals surface area contributed by atoms with Gasteiger partial charge in [-0.2, -0.15) is 0 Å². The molecule has 1 unspecified atom stereocenters. The molecule has 5 heteroatoms. The molecule has 0 fully saturated rings. The molecule has 0 heterocycles. The van der Waals surface area contributed by atoms with E-state index >= 15 is 0 Å². The number of benzene rings is 2. The highest BCUT2D eigenvalue weighted by atomic mass is 79.9. The summed E-state index contributed by atoms with van der Waals surface area (Å²) in [6, 6.07) is 9.64. The molecule has 2 rings (SSSR count). The van der Waals surface area contributed by atoms with Crippen molar-refractivity contribution in [3.8, 4) is 5.75 Å². The van der Waals surface area contributed by atoms with Crippen LogP contribution in [0, 0.1) is 11.6 Å². The zero-order valence-corrected chi connectivity index (χ0v) is 14.7. The van der Waals surface area contributed by atoms with Crippen LogP contribution in [0.3, 0.4) is 0 Å². The van der Waals surface area contributed by atoms with Crippen molar-refractivity contribution >= 4 is 31.9 Å². The highest BCUT2D eigenvalue weighted by Crippen LogP contribution is 2.35. The second-order valence-electron chi connectivity index (χ2n) is 4.89. The van der Waals surface area contributed by atoms with Crippen molar-refractivity contribution in [3.63, 3.8) is 0 Å². The Kier molecular flexibility index (Phi) is 5.38. The van der Waals surface area contributed by atoms with Crippen LogP contribution in [0.5, 0.6) is 5.75 Å². The Morgan fingerprint density at radius 1 is 1.05 bits per heavy atom. The molecule has 0 N–H and O–H groups in total. The van der Waals surface area contributed by atoms with Gasteiger partial charge in [0.1, 0.15) is 17.4 Å². The quantitative estimate of drug-likeness (QED) is 0.436. The summed E-state index contributed by atoms with van der Waals surface area (Å²) in [5, 5.41) is 0. The van der Waals surface area contributed by atoms with Gasteiger partial charge < -0.3 is 4.74 Å². The zero-order valence-electron chi connectivity index (χ0n) is 11.5. The molecule has 0 aliphatic heterocycles. The molecule has 0 saturated carbocycles. The molecule has 0 radical (unpaired) electrons. The van der Waals surface area contributed by atoms with Crippen LogP contribution >= 0.6 is 31.9 Å². The van der Waals surface area contributed by atoms with E-state index in [-0.39, 0.29) is 16.1 Å². The largest absolute Gasteiger partial charge is 0.491 e. The van der Waals surface area contributed by atoms with E-state index in [0.717, 1.165) is 11.6 Å². The van der Waals surface area contributed by atoms with Crippen molar-refractivity contribution in [2.75, 3.05) is 0 Å². The van der Waals surface area contributed by atoms with E-state index in [4.69, 9.17) is 4.74 Å². The number of ether oxygens (including phenoxy) is 1. The maximum Gasteiger partial charge on any atom is 0.137 e. The molecular formula is C16H14Br2F2O. The summed E-state index contributed by atoms with van der Waals surface area (Å²) in [6.07, 6.45) is 0.0517. The Bertz CT molecular complexity index is 644. The Morgan fingerprint density at radius 2 is 1.76 bits per heavy atom. The van der Waals surface area contributed by atoms with Gasteiger partial charge in [0, 0.05) is 5.56 Å². The maximum absolute atomic E-state index is 14.0. The molecule has 0 bridgehead atoms. The SMILES string of the molecule is CC(C)Oc1cccc(C(Br)c2cc(F)c(Br)cc2F)c1. The van der Waals surface area contributed by atoms with Crippen LogP contribution in [0.1, 0.15) is 29.8 Å². The van der Waals surface area contributed by atoms with Crippen molar-refractivity contribution in [2.24, 2.45) is 0 Å². The van der Waals surface area contributed by atoms with Gasteiger partial charge in [-0.15, -0.1) is 0 Å². The lowest BCUT2D eigenvalue weighted by atomic mass is 10.0. The van der Waals surface area contributed by atoms with E-state index in [9.17, 15) is 8.78 Å². The summed E-state index contributed by atoms with van der Waals surface area (Å²) in [4.78, 5) is -0.448. The van der Waals surface area contributed by atoms with Gasteiger partial charge in [0.05, 0.1) is 15.4 Å². The molecule has 2 aromatic rings. The Morgan fingerprint density at radius 3 is 2.43 bits per heavy atom. The topological polar surface area (TPSA) is 9.23 Å². The normalized spacial score (nSPS) is 12.5. The van der Waals surface area contributed by atoms with E-state index in [0.29, 0.717) is 5.75 Å². The minimum absolute atomic E-state index is 0.0517. The molecule has 0 aliphatic rings. The Balaban J connectivity index is 2.36. The van der Waals surface area contributed by atoms with E-state index < -0.39 is 16.5 Å². The van der Waals surface area contributed by atoms with Crippen molar-refractivity contribution < 1.29 is 13.5 Å². The lowest BCUT2D eigenvalue weighted by Crippen LogP contribution is -2.06. The monoisotopic (exact) mass is 418 g/mol. The number of alkyl halides is 1. The van der Waals surface area contributed by atoms with Crippen LogP contribution in [0.4, 0.5) is 8.78 Å². The van der Waals surface area contributed by atoms with Gasteiger partial charge in [-0.25, -0.2) is 8.78 Å². The lowest BCUT2D eigenvalue weighted by Gasteiger charge is -2.15. The highest BCUT2D eigenvalue weighted by molar-refractivity contribution is 9.10. The van der Waals surface area contributed by atoms with Gasteiger partial charge in [0.2, 0.25) is 0 Å². The molecule has 0 spiro atoms. The van der Waals surface area contributed by atoms with Crippen molar-refractivity contribution in [1.29, 1.82) is 0 Å². The van der Waals surface area contributed by atoms with Crippen LogP contribution in [0.25, 0.3) is 0 Å². The van der Waals surface area contributed by atoms with E-state index in [2.05, 4.69) is 31.9 Å². The summed E-state index contributed by atoms with van der Waals surface area (Å²) >= 11 is 6.40. The fraction of sp³-hybridized carbons (Fsp3) is 0.250. The molecule has 0 saturated heterocycles. The predicted octanol–water partition coefficient (Wildman–Crippen LogP) is 6.00. The fourth-order valence-electron chi connectivity index (χ4n) is 1.93. The third-order valence-corrected chi connectivity index (χ3v) is 4.46. The van der Waals surface area contributed by atoms with Gasteiger partial charge >= 0.3 is 0 Å². The summed E-state index contributed by atoms with van der Waals surface area (Å²) in [6.45, 7) is 3.87. The highest BCUT2D eigenvalue weighted by Gasteiger charge is 2.18. The van der Waals surface area contributed by atoms with Crippen molar-refractivity contribution in [1.82, 2.24) is 0 Å². The summed E-state index contributed by atoms with van der Waals surface area (Å²) < 4.78 is 33.4. The van der Waals surface area contributed by atoms with Crippen LogP contribution in [0.2, 0.25) is 0 Å². The molecule has 0 aliphatic carbocycles. The first-order chi connectivity index (χ1) is 9.88. The predicted molar refractivity (Wildman–Crippen MR) is 87.0 cm³/mol. The smallest absolute Gasteiger partial charge is 0.137 e. The lowest BCUT2D eigenvalue weighted by molar-refractivity contribution is 0.242.